The van der Waals surface area contributed by atoms with Crippen LogP contribution in [-0.4, -0.2) is 36.4 Å². The lowest BCUT2D eigenvalue weighted by Gasteiger charge is -2.01. The average Bonchev–Trinajstić information content (AvgIpc) is 2.97. The van der Waals surface area contributed by atoms with Crippen molar-refractivity contribution in [3.63, 3.8) is 0 Å². The number of aromatic amines is 1. The van der Waals surface area contributed by atoms with E-state index in [4.69, 9.17) is 0 Å². The van der Waals surface area contributed by atoms with Gasteiger partial charge in [0, 0.05) is 12.4 Å². The first-order chi connectivity index (χ1) is 9.20. The van der Waals surface area contributed by atoms with Gasteiger partial charge in [-0.25, -0.2) is 13.8 Å². The summed E-state index contributed by atoms with van der Waals surface area (Å²) in [4.78, 5) is 8.25. The standard InChI is InChI=1S/C10H9F2N7/c11-8(12)5-19-4-7(3-15-19)16-10-13-1-6-2-14-18-9(6)17-10/h1-4,8H,5H2,(H2,13,14,16,17,18). The van der Waals surface area contributed by atoms with Crippen molar-refractivity contribution in [1.29, 1.82) is 0 Å². The van der Waals surface area contributed by atoms with Crippen molar-refractivity contribution in [2.45, 2.75) is 13.0 Å². The number of aromatic nitrogens is 6. The molecule has 0 amide bonds. The highest BCUT2D eigenvalue weighted by Crippen LogP contribution is 2.14. The van der Waals surface area contributed by atoms with Gasteiger partial charge in [0.1, 0.15) is 6.54 Å². The predicted molar refractivity (Wildman–Crippen MR) is 63.2 cm³/mol. The molecule has 3 aromatic heterocycles. The van der Waals surface area contributed by atoms with Crippen molar-refractivity contribution < 1.29 is 8.78 Å². The molecule has 7 nitrogen and oxygen atoms in total. The van der Waals surface area contributed by atoms with E-state index < -0.39 is 13.0 Å². The Labute approximate surface area is 105 Å². The minimum atomic E-state index is -2.44. The van der Waals surface area contributed by atoms with Crippen LogP contribution < -0.4 is 5.32 Å². The van der Waals surface area contributed by atoms with Crippen LogP contribution in [0.1, 0.15) is 0 Å². The van der Waals surface area contributed by atoms with Crippen molar-refractivity contribution in [3.05, 3.63) is 24.8 Å². The van der Waals surface area contributed by atoms with Gasteiger partial charge in [0.25, 0.3) is 6.43 Å². The Kier molecular flexibility index (Phi) is 2.78. The van der Waals surface area contributed by atoms with E-state index in [1.54, 1.807) is 12.4 Å². The highest BCUT2D eigenvalue weighted by Gasteiger charge is 2.07. The molecule has 0 bridgehead atoms. The summed E-state index contributed by atoms with van der Waals surface area (Å²) >= 11 is 0. The summed E-state index contributed by atoms with van der Waals surface area (Å²) < 4.78 is 25.5. The van der Waals surface area contributed by atoms with Crippen molar-refractivity contribution in [1.82, 2.24) is 29.9 Å². The number of halogens is 2. The molecule has 0 atom stereocenters. The molecule has 3 heterocycles. The Morgan fingerprint density at radius 3 is 3.05 bits per heavy atom. The SMILES string of the molecule is FC(F)Cn1cc(Nc2ncc3cn[nH]c3n2)cn1. The van der Waals surface area contributed by atoms with E-state index in [0.29, 0.717) is 17.3 Å². The Bertz CT molecular complexity index is 690. The number of hydrogen-bond donors (Lipinski definition) is 2. The number of anilines is 2. The highest BCUT2D eigenvalue weighted by molar-refractivity contribution is 5.74. The number of hydrogen-bond acceptors (Lipinski definition) is 5. The maximum Gasteiger partial charge on any atom is 0.257 e. The van der Waals surface area contributed by atoms with Gasteiger partial charge in [-0.05, 0) is 0 Å². The van der Waals surface area contributed by atoms with Crippen molar-refractivity contribution in [3.8, 4) is 0 Å². The minimum Gasteiger partial charge on any atom is -0.321 e. The molecule has 0 aliphatic heterocycles. The van der Waals surface area contributed by atoms with Crippen LogP contribution in [0.4, 0.5) is 20.4 Å². The second-order valence-electron chi connectivity index (χ2n) is 3.83. The molecule has 0 saturated carbocycles. The third-order valence-corrected chi connectivity index (χ3v) is 2.41. The number of rotatable bonds is 4. The Balaban J connectivity index is 1.78. The lowest BCUT2D eigenvalue weighted by Crippen LogP contribution is -2.06. The van der Waals surface area contributed by atoms with E-state index in [1.165, 1.54) is 12.4 Å². The molecule has 0 radical (unpaired) electrons. The van der Waals surface area contributed by atoms with Gasteiger partial charge >= 0.3 is 0 Å². The van der Waals surface area contributed by atoms with E-state index in [0.717, 1.165) is 10.1 Å². The molecule has 0 saturated heterocycles. The van der Waals surface area contributed by atoms with Crippen LogP contribution in [0.5, 0.6) is 0 Å². The van der Waals surface area contributed by atoms with Gasteiger partial charge in [-0.1, -0.05) is 0 Å². The smallest absolute Gasteiger partial charge is 0.257 e. The molecule has 9 heteroatoms. The maximum atomic E-state index is 12.2. The molecule has 98 valence electrons. The summed E-state index contributed by atoms with van der Waals surface area (Å²) in [5.74, 6) is 0.341. The average molecular weight is 265 g/mol. The molecule has 0 unspecified atom stereocenters. The van der Waals surface area contributed by atoms with Crippen LogP contribution in [0.3, 0.4) is 0 Å². The summed E-state index contributed by atoms with van der Waals surface area (Å²) in [5, 5.41) is 14.0. The first-order valence-corrected chi connectivity index (χ1v) is 5.44. The molecule has 19 heavy (non-hydrogen) atoms. The zero-order valence-electron chi connectivity index (χ0n) is 9.59. The third kappa shape index (κ3) is 2.49. The van der Waals surface area contributed by atoms with Gasteiger partial charge < -0.3 is 5.32 Å². The fourth-order valence-corrected chi connectivity index (χ4v) is 1.60. The molecule has 0 fully saturated rings. The predicted octanol–water partition coefficient (Wildman–Crippen LogP) is 1.56. The highest BCUT2D eigenvalue weighted by atomic mass is 19.3. The number of fused-ring (bicyclic) bond motifs is 1. The molecule has 0 spiro atoms. The quantitative estimate of drug-likeness (QED) is 0.747. The van der Waals surface area contributed by atoms with Crippen LogP contribution in [0.2, 0.25) is 0 Å². The normalized spacial score (nSPS) is 11.3. The molecule has 3 aromatic rings. The van der Waals surface area contributed by atoms with E-state index in [9.17, 15) is 8.78 Å². The number of H-pyrrole nitrogens is 1. The topological polar surface area (TPSA) is 84.3 Å². The Hall–Kier alpha value is -2.58. The molecule has 3 rings (SSSR count). The second-order valence-corrected chi connectivity index (χ2v) is 3.83. The monoisotopic (exact) mass is 265 g/mol. The minimum absolute atomic E-state index is 0.341. The van der Waals surface area contributed by atoms with E-state index in [1.807, 2.05) is 0 Å². The molecule has 0 aliphatic carbocycles. The largest absolute Gasteiger partial charge is 0.321 e. The van der Waals surface area contributed by atoms with Crippen LogP contribution in [0, 0.1) is 0 Å². The van der Waals surface area contributed by atoms with Crippen LogP contribution in [-0.2, 0) is 6.54 Å². The summed E-state index contributed by atoms with van der Waals surface area (Å²) in [6.07, 6.45) is 3.68. The zero-order valence-corrected chi connectivity index (χ0v) is 9.59. The van der Waals surface area contributed by atoms with Crippen LogP contribution in [0.15, 0.2) is 24.8 Å². The van der Waals surface area contributed by atoms with Gasteiger partial charge in [-0.2, -0.15) is 15.2 Å². The van der Waals surface area contributed by atoms with E-state index in [-0.39, 0.29) is 0 Å². The fraction of sp³-hybridized carbons (Fsp3) is 0.200. The van der Waals surface area contributed by atoms with Gasteiger partial charge in [0.15, 0.2) is 5.65 Å². The summed E-state index contributed by atoms with van der Waals surface area (Å²) in [7, 11) is 0. The number of nitrogens with one attached hydrogen (secondary N) is 2. The first kappa shape index (κ1) is 11.5. The Morgan fingerprint density at radius 2 is 2.21 bits per heavy atom. The summed E-state index contributed by atoms with van der Waals surface area (Å²) in [6, 6.07) is 0. The Morgan fingerprint density at radius 1 is 1.32 bits per heavy atom. The van der Waals surface area contributed by atoms with Crippen LogP contribution >= 0.6 is 0 Å². The van der Waals surface area contributed by atoms with Crippen molar-refractivity contribution in [2.75, 3.05) is 5.32 Å². The lowest BCUT2D eigenvalue weighted by molar-refractivity contribution is 0.122. The molecule has 0 aromatic carbocycles. The van der Waals surface area contributed by atoms with Crippen molar-refractivity contribution in [2.24, 2.45) is 0 Å². The fourth-order valence-electron chi connectivity index (χ4n) is 1.60. The second kappa shape index (κ2) is 4.59. The molecule has 0 aliphatic rings. The van der Waals surface area contributed by atoms with Gasteiger partial charge in [0.2, 0.25) is 5.95 Å². The van der Waals surface area contributed by atoms with E-state index >= 15 is 0 Å². The van der Waals surface area contributed by atoms with Crippen LogP contribution in [0.25, 0.3) is 11.0 Å². The van der Waals surface area contributed by atoms with Crippen molar-refractivity contribution >= 4 is 22.7 Å². The lowest BCUT2D eigenvalue weighted by atomic mass is 10.4. The molecular formula is C10H9F2N7. The third-order valence-electron chi connectivity index (χ3n) is 2.41. The molecular weight excluding hydrogens is 256 g/mol. The maximum absolute atomic E-state index is 12.2. The molecule has 2 N–H and O–H groups in total. The first-order valence-electron chi connectivity index (χ1n) is 5.44. The summed E-state index contributed by atoms with van der Waals surface area (Å²) in [5.41, 5.74) is 1.14. The van der Waals surface area contributed by atoms with Gasteiger partial charge in [0.05, 0.1) is 23.5 Å². The van der Waals surface area contributed by atoms with Gasteiger partial charge in [-0.3, -0.25) is 9.78 Å². The van der Waals surface area contributed by atoms with Gasteiger partial charge in [-0.15, -0.1) is 0 Å². The van der Waals surface area contributed by atoms with E-state index in [2.05, 4.69) is 30.6 Å². The number of alkyl halides is 2. The number of nitrogens with zero attached hydrogens (tertiary/aromatic N) is 5. The zero-order chi connectivity index (χ0) is 13.2. The summed E-state index contributed by atoms with van der Waals surface area (Å²) in [6.45, 7) is -0.442.